The summed E-state index contributed by atoms with van der Waals surface area (Å²) in [7, 11) is 1.80. The molecule has 8 heteroatoms. The van der Waals surface area contributed by atoms with E-state index < -0.39 is 17.5 Å². The van der Waals surface area contributed by atoms with Gasteiger partial charge in [-0.15, -0.1) is 0 Å². The summed E-state index contributed by atoms with van der Waals surface area (Å²) in [5.41, 5.74) is 1.13. The number of carboxylic acid groups (broad SMARTS) is 1. The lowest BCUT2D eigenvalue weighted by atomic mass is 9.71. The molecule has 0 saturated carbocycles. The monoisotopic (exact) mass is 386 g/mol. The lowest BCUT2D eigenvalue weighted by molar-refractivity contribution is -0.162. The fourth-order valence-corrected chi connectivity index (χ4v) is 3.68. The zero-order valence-corrected chi connectivity index (χ0v) is 16.1. The van der Waals surface area contributed by atoms with Crippen LogP contribution >= 0.6 is 0 Å². The van der Waals surface area contributed by atoms with E-state index in [4.69, 9.17) is 0 Å². The number of β-amino-alcohol motifs (C(OH)–C–C–N with tert-alkyl or cyclic N) is 1. The molecule has 0 unspecified atom stereocenters. The summed E-state index contributed by atoms with van der Waals surface area (Å²) in [5.74, 6) is -1.21. The third kappa shape index (κ3) is 4.07. The minimum absolute atomic E-state index is 0.0897. The Balaban J connectivity index is 1.63. The van der Waals surface area contributed by atoms with Gasteiger partial charge < -0.3 is 15.5 Å². The number of piperidine rings is 1. The average molecular weight is 386 g/mol. The molecule has 1 fully saturated rings. The molecule has 1 aromatic heterocycles. The van der Waals surface area contributed by atoms with Crippen molar-refractivity contribution in [3.8, 4) is 0 Å². The van der Waals surface area contributed by atoms with Crippen LogP contribution in [0.2, 0.25) is 0 Å². The van der Waals surface area contributed by atoms with Crippen LogP contribution in [0.4, 0.5) is 5.69 Å². The van der Waals surface area contributed by atoms with Crippen molar-refractivity contribution in [1.29, 1.82) is 0 Å². The largest absolute Gasteiger partial charge is 0.481 e. The van der Waals surface area contributed by atoms with Crippen LogP contribution in [0.1, 0.15) is 17.7 Å². The molecular weight excluding hydrogens is 360 g/mol. The minimum atomic E-state index is -1.24. The number of aromatic nitrogens is 2. The second-order valence-corrected chi connectivity index (χ2v) is 7.44. The highest BCUT2D eigenvalue weighted by Crippen LogP contribution is 2.36. The highest BCUT2D eigenvalue weighted by Gasteiger charge is 2.48. The summed E-state index contributed by atoms with van der Waals surface area (Å²) in [4.78, 5) is 26.2. The van der Waals surface area contributed by atoms with Crippen LogP contribution < -0.4 is 5.32 Å². The molecule has 3 N–H and O–H groups in total. The first-order valence-electron chi connectivity index (χ1n) is 9.28. The Bertz CT molecular complexity index is 851. The SMILES string of the molecule is Cc1c(NC(=O)CN2CC[C@](Cc3ccccc3)(C(=O)O)[C@@H](O)C2)cnn1C. The van der Waals surface area contributed by atoms with Crippen LogP contribution in [0.3, 0.4) is 0 Å². The molecule has 8 nitrogen and oxygen atoms in total. The number of nitrogens with one attached hydrogen (secondary N) is 1. The van der Waals surface area contributed by atoms with Crippen molar-refractivity contribution in [3.05, 3.63) is 47.8 Å². The number of benzene rings is 1. The molecule has 2 aromatic rings. The summed E-state index contributed by atoms with van der Waals surface area (Å²) >= 11 is 0. The number of nitrogens with zero attached hydrogens (tertiary/aromatic N) is 3. The number of amides is 1. The first-order valence-corrected chi connectivity index (χ1v) is 9.28. The maximum Gasteiger partial charge on any atom is 0.312 e. The number of aliphatic hydroxyl groups excluding tert-OH is 1. The fraction of sp³-hybridized carbons (Fsp3) is 0.450. The van der Waals surface area contributed by atoms with Crippen molar-refractivity contribution in [3.63, 3.8) is 0 Å². The van der Waals surface area contributed by atoms with Gasteiger partial charge in [0.25, 0.3) is 0 Å². The number of carboxylic acids is 1. The Labute approximate surface area is 163 Å². The third-order valence-electron chi connectivity index (χ3n) is 5.61. The van der Waals surface area contributed by atoms with Crippen LogP contribution in [-0.4, -0.2) is 62.5 Å². The number of carbonyl (C=O) groups is 2. The second kappa shape index (κ2) is 8.12. The number of likely N-dealkylation sites (tertiary alicyclic amines) is 1. The number of aliphatic carboxylic acids is 1. The van der Waals surface area contributed by atoms with Crippen LogP contribution in [0.15, 0.2) is 36.5 Å². The standard InChI is InChI=1S/C20H26N4O4/c1-14-16(11-21-23(14)2)22-18(26)13-24-9-8-20(19(27)28,17(25)12-24)10-15-6-4-3-5-7-15/h3-7,11,17,25H,8-10,12-13H2,1-2H3,(H,22,26)(H,27,28)/t17-,20+/m0/s1. The molecule has 1 aliphatic heterocycles. The summed E-state index contributed by atoms with van der Waals surface area (Å²) in [5, 5.41) is 27.5. The predicted octanol–water partition coefficient (Wildman–Crippen LogP) is 1.05. The number of rotatable bonds is 6. The Morgan fingerprint density at radius 3 is 2.61 bits per heavy atom. The summed E-state index contributed by atoms with van der Waals surface area (Å²) < 4.78 is 1.67. The van der Waals surface area contributed by atoms with Crippen molar-refractivity contribution in [2.75, 3.05) is 25.0 Å². The van der Waals surface area contributed by atoms with Gasteiger partial charge in [0.15, 0.2) is 0 Å². The van der Waals surface area contributed by atoms with Gasteiger partial charge in [-0.1, -0.05) is 30.3 Å². The van der Waals surface area contributed by atoms with Crippen molar-refractivity contribution in [2.24, 2.45) is 12.5 Å². The molecule has 2 atom stereocenters. The average Bonchev–Trinajstić information content (AvgIpc) is 2.96. The zero-order chi connectivity index (χ0) is 20.3. The number of aliphatic hydroxyl groups is 1. The molecule has 0 radical (unpaired) electrons. The van der Waals surface area contributed by atoms with Crippen LogP contribution in [0.25, 0.3) is 0 Å². The van der Waals surface area contributed by atoms with Gasteiger partial charge in [-0.05, 0) is 31.9 Å². The molecule has 1 aliphatic rings. The number of aryl methyl sites for hydroxylation is 1. The maximum absolute atomic E-state index is 12.3. The summed E-state index contributed by atoms with van der Waals surface area (Å²) in [6.07, 6.45) is 1.07. The van der Waals surface area contributed by atoms with E-state index in [2.05, 4.69) is 10.4 Å². The molecule has 2 heterocycles. The van der Waals surface area contributed by atoms with Gasteiger partial charge in [-0.3, -0.25) is 19.2 Å². The molecule has 3 rings (SSSR count). The van der Waals surface area contributed by atoms with Crippen molar-refractivity contribution >= 4 is 17.6 Å². The smallest absolute Gasteiger partial charge is 0.312 e. The summed E-state index contributed by atoms with van der Waals surface area (Å²) in [6, 6.07) is 9.33. The Hall–Kier alpha value is -2.71. The van der Waals surface area contributed by atoms with E-state index in [-0.39, 0.29) is 31.8 Å². The van der Waals surface area contributed by atoms with Gasteiger partial charge in [0.1, 0.15) is 5.41 Å². The van der Waals surface area contributed by atoms with E-state index in [9.17, 15) is 19.8 Å². The Morgan fingerprint density at radius 1 is 1.32 bits per heavy atom. The lowest BCUT2D eigenvalue weighted by Crippen LogP contribution is -2.56. The van der Waals surface area contributed by atoms with Crippen LogP contribution in [0.5, 0.6) is 0 Å². The molecular formula is C20H26N4O4. The van der Waals surface area contributed by atoms with Crippen molar-refractivity contribution in [1.82, 2.24) is 14.7 Å². The van der Waals surface area contributed by atoms with E-state index in [0.29, 0.717) is 12.2 Å². The van der Waals surface area contributed by atoms with Gasteiger partial charge in [-0.2, -0.15) is 5.10 Å². The molecule has 0 spiro atoms. The lowest BCUT2D eigenvalue weighted by Gasteiger charge is -2.42. The molecule has 150 valence electrons. The van der Waals surface area contributed by atoms with Gasteiger partial charge in [0, 0.05) is 13.6 Å². The Kier molecular flexibility index (Phi) is 5.81. The van der Waals surface area contributed by atoms with Gasteiger partial charge in [0.05, 0.1) is 30.2 Å². The van der Waals surface area contributed by atoms with Crippen LogP contribution in [0, 0.1) is 12.3 Å². The first kappa shape index (κ1) is 20.0. The number of hydrogen-bond acceptors (Lipinski definition) is 5. The molecule has 0 bridgehead atoms. The number of carbonyl (C=O) groups excluding carboxylic acids is 1. The second-order valence-electron chi connectivity index (χ2n) is 7.44. The normalized spacial score (nSPS) is 22.8. The zero-order valence-electron chi connectivity index (χ0n) is 16.1. The fourth-order valence-electron chi connectivity index (χ4n) is 3.68. The molecule has 1 amide bonds. The van der Waals surface area contributed by atoms with E-state index in [1.165, 1.54) is 0 Å². The maximum atomic E-state index is 12.3. The van der Waals surface area contributed by atoms with E-state index in [1.54, 1.807) is 22.8 Å². The Morgan fingerprint density at radius 2 is 2.04 bits per heavy atom. The van der Waals surface area contributed by atoms with Crippen LogP contribution in [-0.2, 0) is 23.1 Å². The highest BCUT2D eigenvalue weighted by atomic mass is 16.4. The predicted molar refractivity (Wildman–Crippen MR) is 104 cm³/mol. The quantitative estimate of drug-likeness (QED) is 0.685. The molecule has 28 heavy (non-hydrogen) atoms. The van der Waals surface area contributed by atoms with E-state index >= 15 is 0 Å². The van der Waals surface area contributed by atoms with E-state index in [1.807, 2.05) is 37.3 Å². The molecule has 0 aliphatic carbocycles. The number of anilines is 1. The van der Waals surface area contributed by atoms with Crippen molar-refractivity contribution < 1.29 is 19.8 Å². The molecule has 1 aromatic carbocycles. The molecule has 1 saturated heterocycles. The number of hydrogen-bond donors (Lipinski definition) is 3. The third-order valence-corrected chi connectivity index (χ3v) is 5.61. The van der Waals surface area contributed by atoms with Crippen molar-refractivity contribution in [2.45, 2.75) is 25.9 Å². The van der Waals surface area contributed by atoms with Gasteiger partial charge >= 0.3 is 5.97 Å². The topological polar surface area (TPSA) is 108 Å². The first-order chi connectivity index (χ1) is 13.3. The van der Waals surface area contributed by atoms with Gasteiger partial charge in [-0.25, -0.2) is 0 Å². The highest BCUT2D eigenvalue weighted by molar-refractivity contribution is 5.92. The van der Waals surface area contributed by atoms with Gasteiger partial charge in [0.2, 0.25) is 5.91 Å². The summed E-state index contributed by atoms with van der Waals surface area (Å²) in [6.45, 7) is 2.51. The minimum Gasteiger partial charge on any atom is -0.481 e. The van der Waals surface area contributed by atoms with E-state index in [0.717, 1.165) is 11.3 Å².